The number of ether oxygens (including phenoxy) is 1. The second kappa shape index (κ2) is 15.5. The second-order valence-electron chi connectivity index (χ2n) is 8.25. The highest BCUT2D eigenvalue weighted by Gasteiger charge is 2.26. The van der Waals surface area contributed by atoms with E-state index >= 15 is 0 Å². The number of amides is 3. The molecule has 0 saturated heterocycles. The molecule has 2 atom stereocenters. The summed E-state index contributed by atoms with van der Waals surface area (Å²) in [5.74, 6) is -1.62. The molecule has 10 nitrogen and oxygen atoms in total. The molecule has 2 aromatic carbocycles. The van der Waals surface area contributed by atoms with Gasteiger partial charge >= 0.3 is 6.61 Å². The zero-order valence-corrected chi connectivity index (χ0v) is 20.4. The topological polar surface area (TPSA) is 166 Å². The maximum Gasteiger partial charge on any atom is 0.387 e. The summed E-state index contributed by atoms with van der Waals surface area (Å²) < 4.78 is 29.0. The number of anilines is 1. The molecule has 0 aliphatic heterocycles. The molecule has 202 valence electrons. The summed E-state index contributed by atoms with van der Waals surface area (Å²) in [5, 5.41) is 5.29. The first-order valence-electron chi connectivity index (χ1n) is 11.9. The fourth-order valence-corrected chi connectivity index (χ4v) is 3.54. The minimum absolute atomic E-state index is 0.0594. The number of benzene rings is 2. The van der Waals surface area contributed by atoms with Gasteiger partial charge in [-0.3, -0.25) is 14.4 Å². The van der Waals surface area contributed by atoms with Crippen LogP contribution in [-0.4, -0.2) is 67.5 Å². The SMILES string of the molecule is NCCN(CCN)C(=O)C[C@H](N)C(=O)N[C@@H](CCc1ccccc1)C(=O)Nc1ccc(OC(F)F)cc1. The molecule has 2 rings (SSSR count). The molecule has 0 fully saturated rings. The van der Waals surface area contributed by atoms with E-state index in [9.17, 15) is 23.2 Å². The molecule has 0 spiro atoms. The minimum Gasteiger partial charge on any atom is -0.435 e. The van der Waals surface area contributed by atoms with Crippen molar-refractivity contribution in [1.82, 2.24) is 10.2 Å². The Labute approximate surface area is 214 Å². The van der Waals surface area contributed by atoms with Gasteiger partial charge in [-0.05, 0) is 42.7 Å². The number of aryl methyl sites for hydroxylation is 1. The summed E-state index contributed by atoms with van der Waals surface area (Å²) in [6.45, 7) is -1.91. The highest BCUT2D eigenvalue weighted by molar-refractivity contribution is 5.98. The molecule has 3 amide bonds. The second-order valence-corrected chi connectivity index (χ2v) is 8.25. The first kappa shape index (κ1) is 29.6. The van der Waals surface area contributed by atoms with Crippen LogP contribution >= 0.6 is 0 Å². The first-order valence-corrected chi connectivity index (χ1v) is 11.9. The van der Waals surface area contributed by atoms with E-state index in [1.165, 1.54) is 29.2 Å². The van der Waals surface area contributed by atoms with E-state index in [0.717, 1.165) is 5.56 Å². The van der Waals surface area contributed by atoms with Gasteiger partial charge < -0.3 is 37.5 Å². The smallest absolute Gasteiger partial charge is 0.387 e. The van der Waals surface area contributed by atoms with E-state index in [1.54, 1.807) is 0 Å². The van der Waals surface area contributed by atoms with Crippen LogP contribution in [-0.2, 0) is 20.8 Å². The van der Waals surface area contributed by atoms with Crippen molar-refractivity contribution in [2.75, 3.05) is 31.5 Å². The van der Waals surface area contributed by atoms with Gasteiger partial charge in [0.05, 0.1) is 12.5 Å². The summed E-state index contributed by atoms with van der Waals surface area (Å²) in [4.78, 5) is 39.8. The normalized spacial score (nSPS) is 12.5. The van der Waals surface area contributed by atoms with Gasteiger partial charge in [-0.15, -0.1) is 0 Å². The Hall–Kier alpha value is -3.61. The number of hydrogen-bond donors (Lipinski definition) is 5. The highest BCUT2D eigenvalue weighted by atomic mass is 19.3. The van der Waals surface area contributed by atoms with E-state index < -0.39 is 30.5 Å². The van der Waals surface area contributed by atoms with E-state index in [2.05, 4.69) is 15.4 Å². The third-order valence-electron chi connectivity index (χ3n) is 5.43. The van der Waals surface area contributed by atoms with Crippen LogP contribution in [0.25, 0.3) is 0 Å². The molecule has 0 aliphatic rings. The zero-order valence-electron chi connectivity index (χ0n) is 20.4. The van der Waals surface area contributed by atoms with Crippen molar-refractivity contribution in [2.24, 2.45) is 17.2 Å². The Morgan fingerprint density at radius 3 is 2.11 bits per heavy atom. The van der Waals surface area contributed by atoms with E-state index in [4.69, 9.17) is 17.2 Å². The van der Waals surface area contributed by atoms with Crippen molar-refractivity contribution in [3.05, 3.63) is 60.2 Å². The molecule has 12 heteroatoms. The Bertz CT molecular complexity index is 988. The summed E-state index contributed by atoms with van der Waals surface area (Å²) >= 11 is 0. The van der Waals surface area contributed by atoms with Crippen molar-refractivity contribution in [1.29, 1.82) is 0 Å². The summed E-state index contributed by atoms with van der Waals surface area (Å²) in [7, 11) is 0. The predicted octanol–water partition coefficient (Wildman–Crippen LogP) is 0.808. The summed E-state index contributed by atoms with van der Waals surface area (Å²) in [5.41, 5.74) is 18.3. The maximum atomic E-state index is 13.0. The summed E-state index contributed by atoms with van der Waals surface area (Å²) in [6.07, 6.45) is 0.459. The molecule has 0 aliphatic carbocycles. The Morgan fingerprint density at radius 1 is 0.919 bits per heavy atom. The van der Waals surface area contributed by atoms with Crippen LogP contribution in [0.5, 0.6) is 5.75 Å². The Kier molecular flexibility index (Phi) is 12.4. The van der Waals surface area contributed by atoms with E-state index in [1.807, 2.05) is 30.3 Å². The van der Waals surface area contributed by atoms with E-state index in [0.29, 0.717) is 12.1 Å². The Morgan fingerprint density at radius 2 is 1.54 bits per heavy atom. The van der Waals surface area contributed by atoms with Crippen LogP contribution in [0.3, 0.4) is 0 Å². The van der Waals surface area contributed by atoms with Gasteiger partial charge in [0.1, 0.15) is 11.8 Å². The maximum absolute atomic E-state index is 13.0. The molecule has 0 aromatic heterocycles. The average Bonchev–Trinajstić information content (AvgIpc) is 2.87. The number of carbonyl (C=O) groups excluding carboxylic acids is 3. The van der Waals surface area contributed by atoms with Gasteiger partial charge in [0.15, 0.2) is 0 Å². The number of nitrogens with zero attached hydrogens (tertiary/aromatic N) is 1. The van der Waals surface area contributed by atoms with Gasteiger partial charge in [-0.2, -0.15) is 8.78 Å². The molecular formula is C25H34F2N6O4. The van der Waals surface area contributed by atoms with Crippen LogP contribution in [0.1, 0.15) is 18.4 Å². The molecule has 0 radical (unpaired) electrons. The van der Waals surface area contributed by atoms with Gasteiger partial charge in [0.2, 0.25) is 17.7 Å². The van der Waals surface area contributed by atoms with Crippen LogP contribution in [0, 0.1) is 0 Å². The van der Waals surface area contributed by atoms with Crippen LogP contribution in [0.2, 0.25) is 0 Å². The lowest BCUT2D eigenvalue weighted by Gasteiger charge is -2.24. The number of hydrogen-bond acceptors (Lipinski definition) is 7. The van der Waals surface area contributed by atoms with Gasteiger partial charge in [-0.25, -0.2) is 0 Å². The molecule has 0 heterocycles. The van der Waals surface area contributed by atoms with E-state index in [-0.39, 0.29) is 50.7 Å². The summed E-state index contributed by atoms with van der Waals surface area (Å²) in [6, 6.07) is 12.6. The van der Waals surface area contributed by atoms with Crippen molar-refractivity contribution >= 4 is 23.4 Å². The average molecular weight is 521 g/mol. The first-order chi connectivity index (χ1) is 17.7. The Balaban J connectivity index is 2.07. The molecule has 0 unspecified atom stereocenters. The lowest BCUT2D eigenvalue weighted by atomic mass is 10.0. The number of nitrogens with two attached hydrogens (primary N) is 3. The van der Waals surface area contributed by atoms with Crippen molar-refractivity contribution in [3.8, 4) is 5.75 Å². The number of nitrogens with one attached hydrogen (secondary N) is 2. The monoisotopic (exact) mass is 520 g/mol. The standard InChI is InChI=1S/C25H34F2N6O4/c26-25(27)37-19-9-7-18(8-10-19)31-24(36)21(11-6-17-4-2-1-3-5-17)32-23(35)20(30)16-22(34)33(14-12-28)15-13-29/h1-5,7-10,20-21,25H,6,11-16,28-30H2,(H,31,36)(H,32,35)/t20-,21-/m0/s1. The predicted molar refractivity (Wildman–Crippen MR) is 136 cm³/mol. The van der Waals surface area contributed by atoms with Crippen molar-refractivity contribution < 1.29 is 27.9 Å². The molecule has 37 heavy (non-hydrogen) atoms. The third kappa shape index (κ3) is 10.5. The molecule has 0 bridgehead atoms. The van der Waals surface area contributed by atoms with Gasteiger partial charge in [0.25, 0.3) is 0 Å². The van der Waals surface area contributed by atoms with Crippen LogP contribution in [0.15, 0.2) is 54.6 Å². The fourth-order valence-electron chi connectivity index (χ4n) is 3.54. The highest BCUT2D eigenvalue weighted by Crippen LogP contribution is 2.18. The molecule has 2 aromatic rings. The largest absolute Gasteiger partial charge is 0.435 e. The van der Waals surface area contributed by atoms with Crippen molar-refractivity contribution in [3.63, 3.8) is 0 Å². The van der Waals surface area contributed by atoms with Gasteiger partial charge in [0, 0.05) is 31.9 Å². The van der Waals surface area contributed by atoms with Crippen LogP contribution < -0.4 is 32.6 Å². The van der Waals surface area contributed by atoms with Crippen LogP contribution in [0.4, 0.5) is 14.5 Å². The minimum atomic E-state index is -2.97. The lowest BCUT2D eigenvalue weighted by molar-refractivity contribution is -0.134. The fraction of sp³-hybridized carbons (Fsp3) is 0.400. The number of alkyl halides is 2. The van der Waals surface area contributed by atoms with Crippen molar-refractivity contribution in [2.45, 2.75) is 38.0 Å². The number of carbonyl (C=O) groups is 3. The third-order valence-corrected chi connectivity index (χ3v) is 5.43. The molecule has 8 N–H and O–H groups in total. The number of halogens is 2. The number of rotatable bonds is 15. The molecular weight excluding hydrogens is 486 g/mol. The quantitative estimate of drug-likeness (QED) is 0.232. The van der Waals surface area contributed by atoms with Gasteiger partial charge in [-0.1, -0.05) is 30.3 Å². The lowest BCUT2D eigenvalue weighted by Crippen LogP contribution is -2.52. The molecule has 0 saturated carbocycles. The zero-order chi connectivity index (χ0) is 27.2.